The van der Waals surface area contributed by atoms with Crippen LogP contribution in [0.2, 0.25) is 0 Å². The van der Waals surface area contributed by atoms with E-state index in [9.17, 15) is 13.9 Å². The second-order valence-corrected chi connectivity index (χ2v) is 9.24. The van der Waals surface area contributed by atoms with E-state index < -0.39 is 34.0 Å². The molecule has 15 heteroatoms. The highest BCUT2D eigenvalue weighted by atomic mass is 31.2. The van der Waals surface area contributed by atoms with Crippen molar-refractivity contribution in [3.05, 3.63) is 61.2 Å². The summed E-state index contributed by atoms with van der Waals surface area (Å²) in [6, 6.07) is 14.1. The number of ether oxygens (including phenoxy) is 3. The van der Waals surface area contributed by atoms with Crippen molar-refractivity contribution in [2.24, 2.45) is 0 Å². The number of hydrogen-bond acceptors (Lipinski definition) is 11. The molecule has 40 heavy (non-hydrogen) atoms. The van der Waals surface area contributed by atoms with E-state index in [1.165, 1.54) is 6.33 Å². The summed E-state index contributed by atoms with van der Waals surface area (Å²) in [5.41, 5.74) is 6.89. The molecule has 1 aliphatic heterocycles. The fraction of sp³-hybridized carbons (Fsp3) is 0.320. The van der Waals surface area contributed by atoms with Crippen molar-refractivity contribution in [1.82, 2.24) is 19.5 Å². The minimum atomic E-state index is -1.90. The van der Waals surface area contributed by atoms with Crippen LogP contribution in [0.5, 0.6) is 23.0 Å². The molecule has 0 bridgehead atoms. The second-order valence-electron chi connectivity index (χ2n) is 8.17. The molecule has 0 aliphatic carbocycles. The first-order valence-corrected chi connectivity index (χ1v) is 13.0. The van der Waals surface area contributed by atoms with Crippen molar-refractivity contribution in [1.29, 1.82) is 0 Å². The summed E-state index contributed by atoms with van der Waals surface area (Å²) in [5.74, 6) is 2.74. The molecule has 3 N–H and O–H groups in total. The number of aromatic nitrogens is 4. The largest absolute Gasteiger partial charge is 0.497 e. The first kappa shape index (κ1) is 29.2. The number of nitrogens with two attached hydrogens (primary N) is 1. The number of nitrogens with zero attached hydrogens (tertiary/aromatic N) is 4. The Balaban J connectivity index is 0.00000118. The molecule has 0 saturated carbocycles. The minimum absolute atomic E-state index is 0.0272. The maximum absolute atomic E-state index is 10.7. The van der Waals surface area contributed by atoms with E-state index in [2.05, 4.69) is 15.0 Å². The molecule has 0 spiro atoms. The molecule has 4 aromatic rings. The molecule has 2 aromatic carbocycles. The molecule has 1 aliphatic rings. The maximum atomic E-state index is 10.7. The fourth-order valence-corrected chi connectivity index (χ4v) is 4.77. The van der Waals surface area contributed by atoms with Gasteiger partial charge in [-0.05, 0) is 48.5 Å². The fourth-order valence-electron chi connectivity index (χ4n) is 3.77. The molecular weight excluding hydrogens is 551 g/mol. The lowest BCUT2D eigenvalue weighted by Gasteiger charge is -2.21. The van der Waals surface area contributed by atoms with Crippen molar-refractivity contribution in [3.8, 4) is 23.0 Å². The van der Waals surface area contributed by atoms with E-state index >= 15 is 0 Å². The van der Waals surface area contributed by atoms with Gasteiger partial charge in [0.2, 0.25) is 6.93 Å². The normalized spacial score (nSPS) is 18.3. The lowest BCUT2D eigenvalue weighted by Crippen LogP contribution is -2.26. The number of aliphatic hydroxyl groups excluding tert-OH is 1. The van der Waals surface area contributed by atoms with Crippen LogP contribution in [0.4, 0.5) is 14.6 Å². The molecule has 2 aromatic heterocycles. The second kappa shape index (κ2) is 14.0. The van der Waals surface area contributed by atoms with Crippen LogP contribution in [0.15, 0.2) is 61.2 Å². The number of aliphatic hydroxyl groups is 1. The number of hydrogen-bond donors (Lipinski definition) is 2. The predicted octanol–water partition coefficient (Wildman–Crippen LogP) is 4.36. The summed E-state index contributed by atoms with van der Waals surface area (Å²) in [4.78, 5) is 12.5. The molecule has 0 amide bonds. The number of imidazole rings is 1. The summed E-state index contributed by atoms with van der Waals surface area (Å²) in [5, 5.41) is 10.7. The van der Waals surface area contributed by atoms with E-state index in [1.807, 2.05) is 0 Å². The molecule has 214 valence electrons. The van der Waals surface area contributed by atoms with Crippen molar-refractivity contribution in [3.63, 3.8) is 0 Å². The number of nitrogen functional groups attached to an aromatic ring is 1. The van der Waals surface area contributed by atoms with Crippen LogP contribution in [-0.2, 0) is 9.26 Å². The minimum Gasteiger partial charge on any atom is -0.497 e. The quantitative estimate of drug-likeness (QED) is 0.259. The Bertz CT molecular complexity index is 1300. The topological polar surface area (TPSA) is 145 Å². The van der Waals surface area contributed by atoms with Crippen LogP contribution in [0, 0.1) is 0 Å². The standard InChI is InChI=1S/C24H26N5O7P.CH2F2/c1-31-15-3-7-17(8-4-15)35-37(36-18-9-5-16(32-2)6-10-18)33-12-20-19(30)11-21(34-20)29-14-28-22-23(25)26-13-27-24(22)29;2-1-3/h3-10,13-14,19-21,30H,11-12H2,1-2H3,(H2,25,26,27);1H2. The van der Waals surface area contributed by atoms with Gasteiger partial charge in [0.15, 0.2) is 11.5 Å². The number of methoxy groups -OCH3 is 2. The van der Waals surface area contributed by atoms with Gasteiger partial charge >= 0.3 is 8.60 Å². The molecule has 3 atom stereocenters. The zero-order chi connectivity index (χ0) is 28.5. The van der Waals surface area contributed by atoms with Gasteiger partial charge in [0.25, 0.3) is 0 Å². The first-order chi connectivity index (χ1) is 19.4. The van der Waals surface area contributed by atoms with E-state index in [-0.39, 0.29) is 12.4 Å². The van der Waals surface area contributed by atoms with Gasteiger partial charge in [-0.15, -0.1) is 0 Å². The summed E-state index contributed by atoms with van der Waals surface area (Å²) in [7, 11) is 1.28. The highest BCUT2D eigenvalue weighted by molar-refractivity contribution is 7.42. The molecular formula is C25H28F2N5O7P. The van der Waals surface area contributed by atoms with Crippen LogP contribution >= 0.6 is 8.60 Å². The Labute approximate surface area is 229 Å². The Morgan fingerprint density at radius 1 is 0.950 bits per heavy atom. The lowest BCUT2D eigenvalue weighted by atomic mass is 10.2. The number of anilines is 1. The third-order valence-electron chi connectivity index (χ3n) is 5.72. The van der Waals surface area contributed by atoms with Gasteiger partial charge in [-0.25, -0.2) is 23.7 Å². The van der Waals surface area contributed by atoms with Crippen molar-refractivity contribution >= 4 is 25.6 Å². The van der Waals surface area contributed by atoms with Crippen LogP contribution in [0.3, 0.4) is 0 Å². The summed E-state index contributed by atoms with van der Waals surface area (Å²) < 4.78 is 55.4. The van der Waals surface area contributed by atoms with Crippen LogP contribution in [-0.4, -0.2) is 64.6 Å². The smallest absolute Gasteiger partial charge is 0.463 e. The molecule has 3 unspecified atom stereocenters. The maximum Gasteiger partial charge on any atom is 0.463 e. The summed E-state index contributed by atoms with van der Waals surface area (Å²) in [6.45, 7) is -1.72. The Morgan fingerprint density at radius 3 is 2.05 bits per heavy atom. The molecule has 1 fully saturated rings. The highest BCUT2D eigenvalue weighted by Gasteiger charge is 2.37. The van der Waals surface area contributed by atoms with Crippen molar-refractivity contribution in [2.45, 2.75) is 24.9 Å². The monoisotopic (exact) mass is 579 g/mol. The lowest BCUT2D eigenvalue weighted by molar-refractivity contribution is -0.0392. The van der Waals surface area contributed by atoms with E-state index in [1.54, 1.807) is 73.6 Å². The Morgan fingerprint density at radius 2 is 1.50 bits per heavy atom. The molecule has 3 heterocycles. The Hall–Kier alpha value is -3.84. The van der Waals surface area contributed by atoms with Gasteiger partial charge < -0.3 is 34.1 Å². The molecule has 1 saturated heterocycles. The molecule has 12 nitrogen and oxygen atoms in total. The molecule has 5 rings (SSSR count). The first-order valence-electron chi connectivity index (χ1n) is 11.9. The number of alkyl halides is 2. The molecule has 0 radical (unpaired) electrons. The third-order valence-corrected chi connectivity index (χ3v) is 6.80. The van der Waals surface area contributed by atoms with Gasteiger partial charge in [0, 0.05) is 6.42 Å². The zero-order valence-corrected chi connectivity index (χ0v) is 22.5. The predicted molar refractivity (Wildman–Crippen MR) is 141 cm³/mol. The summed E-state index contributed by atoms with van der Waals surface area (Å²) in [6.07, 6.45) is 1.33. The van der Waals surface area contributed by atoms with Crippen LogP contribution in [0.1, 0.15) is 12.6 Å². The number of rotatable bonds is 10. The average molecular weight is 579 g/mol. The Kier molecular flexibility index (Phi) is 10.2. The van der Waals surface area contributed by atoms with Gasteiger partial charge in [-0.2, -0.15) is 0 Å². The van der Waals surface area contributed by atoms with Crippen LogP contribution < -0.4 is 24.3 Å². The van der Waals surface area contributed by atoms with Gasteiger partial charge in [-0.1, -0.05) is 0 Å². The van der Waals surface area contributed by atoms with Gasteiger partial charge in [0.1, 0.15) is 47.2 Å². The van der Waals surface area contributed by atoms with Gasteiger partial charge in [0.05, 0.1) is 33.3 Å². The summed E-state index contributed by atoms with van der Waals surface area (Å²) >= 11 is 0. The average Bonchev–Trinajstić information content (AvgIpc) is 3.57. The SMILES string of the molecule is COc1ccc(OP(OCC2OC(n3cnc4c(N)ncnc43)CC2O)Oc2ccc(OC)cc2)cc1.FCF. The zero-order valence-electron chi connectivity index (χ0n) is 21.6. The number of halogens is 2. The van der Waals surface area contributed by atoms with Crippen molar-refractivity contribution < 1.29 is 41.7 Å². The van der Waals surface area contributed by atoms with Crippen molar-refractivity contribution in [2.75, 3.05) is 33.5 Å². The highest BCUT2D eigenvalue weighted by Crippen LogP contribution is 2.43. The number of benzene rings is 2. The van der Waals surface area contributed by atoms with E-state index in [0.29, 0.717) is 40.6 Å². The van der Waals surface area contributed by atoms with Crippen LogP contribution in [0.25, 0.3) is 11.2 Å². The third kappa shape index (κ3) is 7.21. The van der Waals surface area contributed by atoms with E-state index in [0.717, 1.165) is 0 Å². The number of fused-ring (bicyclic) bond motifs is 1. The van der Waals surface area contributed by atoms with Gasteiger partial charge in [-0.3, -0.25) is 9.09 Å². The van der Waals surface area contributed by atoms with E-state index in [4.69, 9.17) is 33.5 Å².